The van der Waals surface area contributed by atoms with Crippen molar-refractivity contribution < 1.29 is 14.7 Å². The molecule has 1 aliphatic carbocycles. The Morgan fingerprint density at radius 1 is 1.07 bits per heavy atom. The number of hydrogen-bond acceptors (Lipinski definition) is 5. The number of H-pyrrole nitrogens is 1. The number of amides is 2. The SMILES string of the molecule is O=C(N[C@@H]1C[C@H](C(=O)NCCc2ccccc2)C[C@H]1O)c1ccc2n[nH]nc2c1. The van der Waals surface area contributed by atoms with Crippen LogP contribution in [0, 0.1) is 5.92 Å². The number of fused-ring (bicyclic) bond motifs is 1. The van der Waals surface area contributed by atoms with E-state index in [0.717, 1.165) is 12.0 Å². The molecule has 0 spiro atoms. The van der Waals surface area contributed by atoms with Crippen molar-refractivity contribution in [3.8, 4) is 0 Å². The molecule has 0 unspecified atom stereocenters. The average molecular weight is 393 g/mol. The summed E-state index contributed by atoms with van der Waals surface area (Å²) in [5.74, 6) is -0.700. The Morgan fingerprint density at radius 2 is 1.86 bits per heavy atom. The molecule has 1 aromatic heterocycles. The van der Waals surface area contributed by atoms with Crippen LogP contribution in [0.2, 0.25) is 0 Å². The molecule has 1 heterocycles. The third kappa shape index (κ3) is 4.43. The van der Waals surface area contributed by atoms with Crippen LogP contribution in [0.25, 0.3) is 11.0 Å². The molecule has 0 saturated heterocycles. The van der Waals surface area contributed by atoms with Crippen molar-refractivity contribution in [2.75, 3.05) is 6.54 Å². The van der Waals surface area contributed by atoms with E-state index in [-0.39, 0.29) is 17.7 Å². The van der Waals surface area contributed by atoms with Crippen molar-refractivity contribution in [3.05, 3.63) is 59.7 Å². The monoisotopic (exact) mass is 393 g/mol. The van der Waals surface area contributed by atoms with Gasteiger partial charge in [-0.15, -0.1) is 0 Å². The van der Waals surface area contributed by atoms with Gasteiger partial charge in [0.15, 0.2) is 0 Å². The molecule has 29 heavy (non-hydrogen) atoms. The van der Waals surface area contributed by atoms with Gasteiger partial charge in [0.2, 0.25) is 5.91 Å². The lowest BCUT2D eigenvalue weighted by molar-refractivity contribution is -0.125. The summed E-state index contributed by atoms with van der Waals surface area (Å²) >= 11 is 0. The normalized spacial score (nSPS) is 21.2. The second-order valence-corrected chi connectivity index (χ2v) is 7.37. The van der Waals surface area contributed by atoms with Gasteiger partial charge in [0, 0.05) is 18.0 Å². The second-order valence-electron chi connectivity index (χ2n) is 7.37. The topological polar surface area (TPSA) is 120 Å². The summed E-state index contributed by atoms with van der Waals surface area (Å²) in [5.41, 5.74) is 2.87. The Labute approximate surface area is 167 Å². The number of benzene rings is 2. The zero-order valence-electron chi connectivity index (χ0n) is 15.8. The Morgan fingerprint density at radius 3 is 2.69 bits per heavy atom. The van der Waals surface area contributed by atoms with Gasteiger partial charge in [-0.05, 0) is 43.0 Å². The van der Waals surface area contributed by atoms with Gasteiger partial charge in [0.05, 0.1) is 12.1 Å². The lowest BCUT2D eigenvalue weighted by Crippen LogP contribution is -2.40. The fourth-order valence-electron chi connectivity index (χ4n) is 3.74. The molecule has 1 fully saturated rings. The highest BCUT2D eigenvalue weighted by Gasteiger charge is 2.37. The second kappa shape index (κ2) is 8.40. The molecule has 0 radical (unpaired) electrons. The fraction of sp³-hybridized carbons (Fsp3) is 0.333. The summed E-state index contributed by atoms with van der Waals surface area (Å²) in [6.45, 7) is 0.546. The number of nitrogens with zero attached hydrogens (tertiary/aromatic N) is 2. The van der Waals surface area contributed by atoms with E-state index in [1.54, 1.807) is 18.2 Å². The smallest absolute Gasteiger partial charge is 0.251 e. The number of hydrogen-bond donors (Lipinski definition) is 4. The summed E-state index contributed by atoms with van der Waals surface area (Å²) in [6.07, 6.45) is 0.757. The highest BCUT2D eigenvalue weighted by molar-refractivity contribution is 5.97. The van der Waals surface area contributed by atoms with E-state index < -0.39 is 12.1 Å². The molecule has 150 valence electrons. The number of rotatable bonds is 6. The maximum Gasteiger partial charge on any atom is 0.251 e. The molecule has 3 atom stereocenters. The van der Waals surface area contributed by atoms with Gasteiger partial charge >= 0.3 is 0 Å². The number of carbonyl (C=O) groups is 2. The van der Waals surface area contributed by atoms with E-state index in [1.807, 2.05) is 30.3 Å². The van der Waals surface area contributed by atoms with Crippen LogP contribution < -0.4 is 10.6 Å². The Bertz CT molecular complexity index is 1000. The molecule has 4 rings (SSSR count). The molecule has 1 aliphatic rings. The zero-order chi connectivity index (χ0) is 20.2. The van der Waals surface area contributed by atoms with Gasteiger partial charge in [-0.3, -0.25) is 9.59 Å². The molecular formula is C21H23N5O3. The maximum atomic E-state index is 12.5. The molecule has 8 heteroatoms. The van der Waals surface area contributed by atoms with Gasteiger partial charge in [0.1, 0.15) is 11.0 Å². The van der Waals surface area contributed by atoms with Crippen molar-refractivity contribution in [2.45, 2.75) is 31.4 Å². The minimum Gasteiger partial charge on any atom is -0.391 e. The first-order valence-electron chi connectivity index (χ1n) is 9.71. The van der Waals surface area contributed by atoms with E-state index in [1.165, 1.54) is 0 Å². The minimum atomic E-state index is -0.750. The van der Waals surface area contributed by atoms with Crippen molar-refractivity contribution in [1.29, 1.82) is 0 Å². The molecule has 8 nitrogen and oxygen atoms in total. The maximum absolute atomic E-state index is 12.5. The molecule has 4 N–H and O–H groups in total. The molecule has 3 aromatic rings. The van der Waals surface area contributed by atoms with Crippen LogP contribution in [0.3, 0.4) is 0 Å². The van der Waals surface area contributed by atoms with Crippen molar-refractivity contribution in [3.63, 3.8) is 0 Å². The van der Waals surface area contributed by atoms with Crippen LogP contribution in [0.5, 0.6) is 0 Å². The molecular weight excluding hydrogens is 370 g/mol. The van der Waals surface area contributed by atoms with E-state index in [9.17, 15) is 14.7 Å². The Balaban J connectivity index is 1.29. The predicted molar refractivity (Wildman–Crippen MR) is 107 cm³/mol. The number of aromatic amines is 1. The first-order chi connectivity index (χ1) is 14.1. The highest BCUT2D eigenvalue weighted by Crippen LogP contribution is 2.27. The lowest BCUT2D eigenvalue weighted by atomic mass is 10.1. The molecule has 0 aliphatic heterocycles. The summed E-state index contributed by atoms with van der Waals surface area (Å²) < 4.78 is 0. The van der Waals surface area contributed by atoms with Crippen molar-refractivity contribution in [2.24, 2.45) is 5.92 Å². The largest absolute Gasteiger partial charge is 0.391 e. The van der Waals surface area contributed by atoms with Crippen molar-refractivity contribution >= 4 is 22.8 Å². The minimum absolute atomic E-state index is 0.0826. The van der Waals surface area contributed by atoms with Crippen LogP contribution in [-0.4, -0.2) is 51.0 Å². The van der Waals surface area contributed by atoms with E-state index in [0.29, 0.717) is 36.0 Å². The van der Waals surface area contributed by atoms with Crippen LogP contribution in [0.1, 0.15) is 28.8 Å². The summed E-state index contributed by atoms with van der Waals surface area (Å²) in [4.78, 5) is 25.0. The van der Waals surface area contributed by atoms with Crippen molar-refractivity contribution in [1.82, 2.24) is 26.0 Å². The number of carbonyl (C=O) groups excluding carboxylic acids is 2. The first-order valence-corrected chi connectivity index (χ1v) is 9.71. The average Bonchev–Trinajstić information content (AvgIpc) is 3.35. The van der Waals surface area contributed by atoms with Gasteiger partial charge in [0.25, 0.3) is 5.91 Å². The predicted octanol–water partition coefficient (Wildman–Crippen LogP) is 1.19. The summed E-state index contributed by atoms with van der Waals surface area (Å²) in [7, 11) is 0. The number of aliphatic hydroxyl groups excluding tert-OH is 1. The molecule has 0 bridgehead atoms. The Hall–Kier alpha value is -3.26. The number of aliphatic hydroxyl groups is 1. The van der Waals surface area contributed by atoms with Gasteiger partial charge in [-0.2, -0.15) is 15.4 Å². The number of aromatic nitrogens is 3. The van der Waals surface area contributed by atoms with Crippen LogP contribution in [0.4, 0.5) is 0 Å². The Kier molecular flexibility index (Phi) is 5.53. The van der Waals surface area contributed by atoms with E-state index >= 15 is 0 Å². The van der Waals surface area contributed by atoms with Crippen LogP contribution in [-0.2, 0) is 11.2 Å². The van der Waals surface area contributed by atoms with Crippen LogP contribution in [0.15, 0.2) is 48.5 Å². The van der Waals surface area contributed by atoms with Gasteiger partial charge in [-0.25, -0.2) is 0 Å². The quantitative estimate of drug-likeness (QED) is 0.501. The third-order valence-electron chi connectivity index (χ3n) is 5.35. The van der Waals surface area contributed by atoms with Gasteiger partial charge < -0.3 is 15.7 Å². The fourth-order valence-corrected chi connectivity index (χ4v) is 3.74. The van der Waals surface area contributed by atoms with E-state index in [4.69, 9.17) is 0 Å². The zero-order valence-corrected chi connectivity index (χ0v) is 15.8. The van der Waals surface area contributed by atoms with Crippen LogP contribution >= 0.6 is 0 Å². The summed E-state index contributed by atoms with van der Waals surface area (Å²) in [6, 6.07) is 14.5. The molecule has 2 aromatic carbocycles. The molecule has 2 amide bonds. The first kappa shape index (κ1) is 19.1. The van der Waals surface area contributed by atoms with E-state index in [2.05, 4.69) is 26.0 Å². The highest BCUT2D eigenvalue weighted by atomic mass is 16.3. The standard InChI is InChI=1S/C21H23N5O3/c27-19-12-15(20(28)22-9-8-13-4-2-1-3-5-13)11-18(19)23-21(29)14-6-7-16-17(10-14)25-26-24-16/h1-7,10,15,18-19,27H,8-9,11-12H2,(H,22,28)(H,23,29)(H,24,25,26)/t15-,18+,19+/m0/s1. The summed E-state index contributed by atoms with van der Waals surface area (Å²) in [5, 5.41) is 26.5. The third-order valence-corrected chi connectivity index (χ3v) is 5.35. The molecule has 1 saturated carbocycles. The van der Waals surface area contributed by atoms with Gasteiger partial charge in [-0.1, -0.05) is 30.3 Å². The number of nitrogens with one attached hydrogen (secondary N) is 3. The lowest BCUT2D eigenvalue weighted by Gasteiger charge is -2.16.